The van der Waals surface area contributed by atoms with Gasteiger partial charge in [0, 0.05) is 5.41 Å². The standard InChI is InChI=1S/C14H21NO2/c1-13(2)11-5-4-10(16)7-14(11,3)6-9(8-15)12(13)17/h10-11,16-17H,4-7H2,1-3H3. The molecule has 17 heavy (non-hydrogen) atoms. The van der Waals surface area contributed by atoms with E-state index in [1.165, 1.54) is 0 Å². The summed E-state index contributed by atoms with van der Waals surface area (Å²) in [7, 11) is 0. The van der Waals surface area contributed by atoms with Crippen molar-refractivity contribution in [1.29, 1.82) is 5.26 Å². The van der Waals surface area contributed by atoms with E-state index in [9.17, 15) is 10.2 Å². The van der Waals surface area contributed by atoms with Crippen LogP contribution in [0, 0.1) is 28.1 Å². The molecule has 0 aromatic rings. The van der Waals surface area contributed by atoms with Crippen LogP contribution >= 0.6 is 0 Å². The highest BCUT2D eigenvalue weighted by Gasteiger charge is 2.52. The van der Waals surface area contributed by atoms with Gasteiger partial charge < -0.3 is 10.2 Å². The van der Waals surface area contributed by atoms with Crippen molar-refractivity contribution in [2.75, 3.05) is 0 Å². The Bertz CT molecular complexity index is 405. The summed E-state index contributed by atoms with van der Waals surface area (Å²) in [5.74, 6) is 0.606. The van der Waals surface area contributed by atoms with Crippen molar-refractivity contribution in [3.63, 3.8) is 0 Å². The molecule has 0 saturated heterocycles. The van der Waals surface area contributed by atoms with Crippen molar-refractivity contribution < 1.29 is 10.2 Å². The van der Waals surface area contributed by atoms with E-state index in [1.54, 1.807) is 0 Å². The first kappa shape index (κ1) is 12.4. The molecule has 94 valence electrons. The Kier molecular flexibility index (Phi) is 2.74. The van der Waals surface area contributed by atoms with E-state index in [-0.39, 0.29) is 22.7 Å². The molecule has 0 aromatic heterocycles. The summed E-state index contributed by atoms with van der Waals surface area (Å²) in [5.41, 5.74) is 0.0966. The van der Waals surface area contributed by atoms with Crippen molar-refractivity contribution in [2.24, 2.45) is 16.7 Å². The van der Waals surface area contributed by atoms with Crippen LogP contribution in [0.4, 0.5) is 0 Å². The van der Waals surface area contributed by atoms with Gasteiger partial charge in [-0.05, 0) is 37.0 Å². The third kappa shape index (κ3) is 1.75. The maximum absolute atomic E-state index is 10.2. The van der Waals surface area contributed by atoms with Crippen LogP contribution in [0.5, 0.6) is 0 Å². The zero-order chi connectivity index (χ0) is 12.8. The minimum absolute atomic E-state index is 0.0571. The number of nitriles is 1. The maximum atomic E-state index is 10.2. The second-order valence-electron chi connectivity index (χ2n) is 6.48. The lowest BCUT2D eigenvalue weighted by atomic mass is 9.51. The Morgan fingerprint density at radius 3 is 2.53 bits per heavy atom. The third-order valence-corrected chi connectivity index (χ3v) is 4.81. The van der Waals surface area contributed by atoms with Gasteiger partial charge in [-0.3, -0.25) is 0 Å². The quantitative estimate of drug-likeness (QED) is 0.678. The zero-order valence-electron chi connectivity index (χ0n) is 10.8. The van der Waals surface area contributed by atoms with Crippen molar-refractivity contribution in [3.05, 3.63) is 11.3 Å². The minimum atomic E-state index is -0.349. The summed E-state index contributed by atoms with van der Waals surface area (Å²) in [4.78, 5) is 0. The van der Waals surface area contributed by atoms with E-state index in [0.29, 0.717) is 17.9 Å². The van der Waals surface area contributed by atoms with E-state index in [1.807, 2.05) is 13.8 Å². The van der Waals surface area contributed by atoms with Crippen LogP contribution in [0.2, 0.25) is 0 Å². The van der Waals surface area contributed by atoms with E-state index < -0.39 is 0 Å². The number of hydrogen-bond acceptors (Lipinski definition) is 3. The molecule has 3 unspecified atom stereocenters. The third-order valence-electron chi connectivity index (χ3n) is 4.81. The number of allylic oxidation sites excluding steroid dienone is 2. The van der Waals surface area contributed by atoms with Crippen LogP contribution in [0.1, 0.15) is 46.5 Å². The molecule has 1 fully saturated rings. The first-order valence-corrected chi connectivity index (χ1v) is 6.32. The smallest absolute Gasteiger partial charge is 0.112 e. The van der Waals surface area contributed by atoms with Crippen LogP contribution in [0.15, 0.2) is 11.3 Å². The van der Waals surface area contributed by atoms with E-state index >= 15 is 0 Å². The van der Waals surface area contributed by atoms with Crippen LogP contribution < -0.4 is 0 Å². The number of hydrogen-bond donors (Lipinski definition) is 2. The number of fused-ring (bicyclic) bond motifs is 1. The van der Waals surface area contributed by atoms with Gasteiger partial charge in [0.2, 0.25) is 0 Å². The molecule has 3 atom stereocenters. The lowest BCUT2D eigenvalue weighted by molar-refractivity contribution is -0.0515. The molecular weight excluding hydrogens is 214 g/mol. The molecule has 0 aromatic carbocycles. The van der Waals surface area contributed by atoms with Gasteiger partial charge in [0.1, 0.15) is 5.76 Å². The number of rotatable bonds is 0. The topological polar surface area (TPSA) is 64.2 Å². The van der Waals surface area contributed by atoms with Crippen molar-refractivity contribution >= 4 is 0 Å². The zero-order valence-corrected chi connectivity index (χ0v) is 10.8. The van der Waals surface area contributed by atoms with Gasteiger partial charge in [-0.25, -0.2) is 0 Å². The highest BCUT2D eigenvalue weighted by molar-refractivity contribution is 5.33. The Balaban J connectivity index is 2.46. The Hall–Kier alpha value is -1.01. The number of aliphatic hydroxyl groups is 2. The largest absolute Gasteiger partial charge is 0.511 e. The molecular formula is C14H21NO2. The predicted octanol–water partition coefficient (Wildman–Crippen LogP) is 2.92. The van der Waals surface area contributed by atoms with E-state index in [2.05, 4.69) is 13.0 Å². The van der Waals surface area contributed by atoms with Crippen LogP contribution in [0.25, 0.3) is 0 Å². The average Bonchev–Trinajstić information content (AvgIpc) is 2.23. The molecule has 0 amide bonds. The number of nitrogens with zero attached hydrogens (tertiary/aromatic N) is 1. The molecule has 2 aliphatic carbocycles. The Morgan fingerprint density at radius 2 is 1.94 bits per heavy atom. The molecule has 0 spiro atoms. The lowest BCUT2D eigenvalue weighted by Crippen LogP contribution is -2.48. The molecule has 2 aliphatic rings. The van der Waals surface area contributed by atoms with Crippen LogP contribution in [-0.4, -0.2) is 16.3 Å². The molecule has 0 radical (unpaired) electrons. The van der Waals surface area contributed by atoms with Gasteiger partial charge in [-0.1, -0.05) is 20.8 Å². The van der Waals surface area contributed by atoms with Gasteiger partial charge in [-0.15, -0.1) is 0 Å². The highest BCUT2D eigenvalue weighted by atomic mass is 16.3. The molecule has 0 bridgehead atoms. The molecule has 0 aliphatic heterocycles. The van der Waals surface area contributed by atoms with Crippen molar-refractivity contribution in [3.8, 4) is 6.07 Å². The van der Waals surface area contributed by atoms with Crippen LogP contribution in [-0.2, 0) is 0 Å². The number of aliphatic hydroxyl groups excluding tert-OH is 2. The molecule has 3 nitrogen and oxygen atoms in total. The summed E-state index contributed by atoms with van der Waals surface area (Å²) >= 11 is 0. The molecule has 3 heteroatoms. The van der Waals surface area contributed by atoms with Gasteiger partial charge >= 0.3 is 0 Å². The van der Waals surface area contributed by atoms with Crippen LogP contribution in [0.3, 0.4) is 0 Å². The second-order valence-corrected chi connectivity index (χ2v) is 6.48. The molecule has 2 rings (SSSR count). The van der Waals surface area contributed by atoms with E-state index in [4.69, 9.17) is 5.26 Å². The first-order chi connectivity index (χ1) is 7.81. The Labute approximate surface area is 103 Å². The minimum Gasteiger partial charge on any atom is -0.511 e. The maximum Gasteiger partial charge on any atom is 0.112 e. The lowest BCUT2D eigenvalue weighted by Gasteiger charge is -2.53. The summed E-state index contributed by atoms with van der Waals surface area (Å²) in [6.07, 6.45) is 2.80. The fourth-order valence-electron chi connectivity index (χ4n) is 4.05. The summed E-state index contributed by atoms with van der Waals surface area (Å²) in [6.45, 7) is 6.17. The summed E-state index contributed by atoms with van der Waals surface area (Å²) in [6, 6.07) is 2.13. The Morgan fingerprint density at radius 1 is 1.29 bits per heavy atom. The average molecular weight is 235 g/mol. The van der Waals surface area contributed by atoms with Gasteiger partial charge in [0.05, 0.1) is 17.7 Å². The van der Waals surface area contributed by atoms with Crippen molar-refractivity contribution in [2.45, 2.75) is 52.6 Å². The predicted molar refractivity (Wildman–Crippen MR) is 65.1 cm³/mol. The fourth-order valence-corrected chi connectivity index (χ4v) is 4.05. The monoisotopic (exact) mass is 235 g/mol. The summed E-state index contributed by atoms with van der Waals surface area (Å²) < 4.78 is 0. The fraction of sp³-hybridized carbons (Fsp3) is 0.786. The van der Waals surface area contributed by atoms with E-state index in [0.717, 1.165) is 19.3 Å². The molecule has 2 N–H and O–H groups in total. The normalized spacial score (nSPS) is 40.6. The second kappa shape index (κ2) is 3.74. The van der Waals surface area contributed by atoms with Gasteiger partial charge in [0.25, 0.3) is 0 Å². The molecule has 0 heterocycles. The molecule has 1 saturated carbocycles. The van der Waals surface area contributed by atoms with Crippen molar-refractivity contribution in [1.82, 2.24) is 0 Å². The van der Waals surface area contributed by atoms with Gasteiger partial charge in [0.15, 0.2) is 0 Å². The SMILES string of the molecule is CC12CC(C#N)=C(O)C(C)(C)C1CCC(O)C2. The van der Waals surface area contributed by atoms with Gasteiger partial charge in [-0.2, -0.15) is 5.26 Å². The highest BCUT2D eigenvalue weighted by Crippen LogP contribution is 2.58. The first-order valence-electron chi connectivity index (χ1n) is 6.32. The summed E-state index contributed by atoms with van der Waals surface area (Å²) in [5, 5.41) is 29.2.